The summed E-state index contributed by atoms with van der Waals surface area (Å²) in [6.45, 7) is 0. The second kappa shape index (κ2) is 9.46. The Kier molecular flexibility index (Phi) is 6.89. The molecule has 30 radical (unpaired) electrons. The summed E-state index contributed by atoms with van der Waals surface area (Å²) < 4.78 is 0. The highest BCUT2D eigenvalue weighted by Gasteiger charge is 2.32. The maximum absolute atomic E-state index is 6.61. The van der Waals surface area contributed by atoms with Crippen LogP contribution in [0.5, 0.6) is 0 Å². The minimum Gasteiger partial charge on any atom is -0.110 e. The first-order chi connectivity index (χ1) is 18.1. The van der Waals surface area contributed by atoms with Crippen LogP contribution in [-0.2, 0) is 0 Å². The predicted molar refractivity (Wildman–Crippen MR) is 183 cm³/mol. The van der Waals surface area contributed by atoms with Crippen molar-refractivity contribution in [3.05, 3.63) is 6.07 Å². The van der Waals surface area contributed by atoms with Gasteiger partial charge in [0.2, 0.25) is 0 Å². The Hall–Kier alpha value is -2.15. The molecule has 0 heterocycles. The first-order valence-electron chi connectivity index (χ1n) is 11.4. The Morgan fingerprint density at radius 1 is 0.205 bits per heavy atom. The third kappa shape index (κ3) is 3.67. The zero-order valence-electron chi connectivity index (χ0n) is 20.7. The minimum absolute atomic E-state index is 0.00187. The normalized spacial score (nSPS) is 11.6. The highest BCUT2D eigenvalue weighted by molar-refractivity contribution is 6.71. The predicted octanol–water partition coefficient (Wildman–Crippen LogP) is -11.4. The Balaban J connectivity index is 2.31. The topological polar surface area (TPSA) is 0 Å². The van der Waals surface area contributed by atoms with E-state index >= 15 is 0 Å². The third-order valence-corrected chi connectivity index (χ3v) is 7.41. The van der Waals surface area contributed by atoms with Crippen molar-refractivity contribution in [3.63, 3.8) is 0 Å². The van der Waals surface area contributed by atoms with E-state index in [2.05, 4.69) is 0 Å². The summed E-state index contributed by atoms with van der Waals surface area (Å²) in [6, 6.07) is 1.46. The van der Waals surface area contributed by atoms with Crippen LogP contribution >= 0.6 is 0 Å². The molecule has 0 N–H and O–H groups in total. The molecule has 0 nitrogen and oxygen atoms in total. The number of rotatable bonds is 0. The second-order valence-corrected chi connectivity index (χ2v) is 9.43. The summed E-state index contributed by atoms with van der Waals surface area (Å²) in [6.07, 6.45) is 0. The van der Waals surface area contributed by atoms with Gasteiger partial charge in [0.1, 0.15) is 118 Å². The second-order valence-electron chi connectivity index (χ2n) is 9.43. The van der Waals surface area contributed by atoms with Gasteiger partial charge in [0, 0.05) is 0 Å². The molecule has 0 amide bonds. The standard InChI is InChI=1S/C24HB15/c25-2-1-3(26)12(27)5-4(2)6-8(15(30)21(36)19(34)13(6)28)10-11(18(33)24(39)23(38)17(10)32)9-7(5)14(29)20(35)22(37)16(9)31/h1H. The van der Waals surface area contributed by atoms with E-state index in [1.807, 2.05) is 0 Å². The van der Waals surface area contributed by atoms with E-state index in [-0.39, 0.29) is 126 Å². The molecule has 5 rings (SSSR count). The van der Waals surface area contributed by atoms with Crippen LogP contribution in [0.1, 0.15) is 0 Å². The van der Waals surface area contributed by atoms with Crippen LogP contribution in [0, 0.1) is 0 Å². The molecule has 0 fully saturated rings. The lowest BCUT2D eigenvalue weighted by atomic mass is 9.53. The lowest BCUT2D eigenvalue weighted by Crippen LogP contribution is -2.55. The summed E-state index contributed by atoms with van der Waals surface area (Å²) >= 11 is 0. The molecule has 0 atom stereocenters. The lowest BCUT2D eigenvalue weighted by Gasteiger charge is -2.37. The Morgan fingerprint density at radius 3 is 0.667 bits per heavy atom. The first-order valence-corrected chi connectivity index (χ1v) is 11.4. The van der Waals surface area contributed by atoms with Crippen LogP contribution in [0.4, 0.5) is 0 Å². The van der Waals surface area contributed by atoms with Gasteiger partial charge in [0.05, 0.1) is 0 Å². The van der Waals surface area contributed by atoms with Crippen LogP contribution in [-0.4, -0.2) is 118 Å². The molecule has 142 valence electrons. The maximum atomic E-state index is 6.61. The zero-order valence-corrected chi connectivity index (χ0v) is 20.7. The quantitative estimate of drug-likeness (QED) is 0.205. The average Bonchev–Trinajstić information content (AvgIpc) is 2.89. The zero-order chi connectivity index (χ0) is 29.0. The van der Waals surface area contributed by atoms with Crippen molar-refractivity contribution in [1.29, 1.82) is 0 Å². The fourth-order valence-electron chi connectivity index (χ4n) is 5.31. The van der Waals surface area contributed by atoms with Crippen LogP contribution in [0.2, 0.25) is 0 Å². The molecule has 1 aliphatic rings. The SMILES string of the molecule is [B]c1cc([B])c2c(c1[B])-c1c([B])c([B])c([B])c([B])c1-c1c([B])c([B])c([B])c([B])c1-c1c([B])c([B])c([B])c([B])c1-2. The van der Waals surface area contributed by atoms with Crippen molar-refractivity contribution in [3.8, 4) is 44.5 Å². The van der Waals surface area contributed by atoms with Crippen LogP contribution < -0.4 is 81.9 Å². The fourth-order valence-corrected chi connectivity index (χ4v) is 5.31. The van der Waals surface area contributed by atoms with Crippen molar-refractivity contribution in [2.75, 3.05) is 0 Å². The van der Waals surface area contributed by atoms with Gasteiger partial charge >= 0.3 is 0 Å². The molecule has 4 aromatic rings. The highest BCUT2D eigenvalue weighted by atomic mass is 14.3. The minimum atomic E-state index is -0.0251. The van der Waals surface area contributed by atoms with E-state index < -0.39 is 0 Å². The highest BCUT2D eigenvalue weighted by Crippen LogP contribution is 2.41. The van der Waals surface area contributed by atoms with Gasteiger partial charge in [-0.15, -0.1) is 38.2 Å². The van der Waals surface area contributed by atoms with E-state index in [1.165, 1.54) is 6.07 Å². The van der Waals surface area contributed by atoms with Gasteiger partial charge in [-0.1, -0.05) is 49.8 Å². The molecule has 0 aromatic heterocycles. The number of hydrogen-bond acceptors (Lipinski definition) is 0. The third-order valence-electron chi connectivity index (χ3n) is 7.41. The summed E-state index contributed by atoms with van der Waals surface area (Å²) in [5, 5.41) is 0. The molecule has 0 aliphatic heterocycles. The van der Waals surface area contributed by atoms with Crippen LogP contribution in [0.3, 0.4) is 0 Å². The van der Waals surface area contributed by atoms with E-state index in [0.717, 1.165) is 0 Å². The molecule has 0 saturated heterocycles. The van der Waals surface area contributed by atoms with Gasteiger partial charge in [-0.05, 0) is 44.5 Å². The van der Waals surface area contributed by atoms with Crippen LogP contribution in [0.25, 0.3) is 44.5 Å². The number of hydrogen-bond donors (Lipinski definition) is 0. The summed E-state index contributed by atoms with van der Waals surface area (Å²) in [7, 11) is 96.9. The molecule has 0 saturated carbocycles. The van der Waals surface area contributed by atoms with Gasteiger partial charge in [-0.3, -0.25) is 0 Å². The van der Waals surface area contributed by atoms with Crippen molar-refractivity contribution in [1.82, 2.24) is 0 Å². The summed E-state index contributed by atoms with van der Waals surface area (Å²) in [5.74, 6) is 0. The van der Waals surface area contributed by atoms with Crippen LogP contribution in [0.15, 0.2) is 6.07 Å². The lowest BCUT2D eigenvalue weighted by molar-refractivity contribution is 1.67. The first kappa shape index (κ1) is 28.4. The van der Waals surface area contributed by atoms with Gasteiger partial charge in [-0.25, -0.2) is 0 Å². The Bertz CT molecular complexity index is 1790. The summed E-state index contributed by atoms with van der Waals surface area (Å²) in [4.78, 5) is 0. The molecule has 1 aliphatic carbocycles. The van der Waals surface area contributed by atoms with E-state index in [1.54, 1.807) is 0 Å². The van der Waals surface area contributed by atoms with Crippen molar-refractivity contribution >= 4 is 200 Å². The molecule has 0 unspecified atom stereocenters. The molecule has 0 spiro atoms. The number of benzene rings is 4. The van der Waals surface area contributed by atoms with Gasteiger partial charge < -0.3 is 0 Å². The van der Waals surface area contributed by atoms with Crippen molar-refractivity contribution in [2.24, 2.45) is 0 Å². The van der Waals surface area contributed by atoms with E-state index in [0.29, 0.717) is 0 Å². The number of fused-ring (bicyclic) bond motifs is 8. The molecular formula is C24HB15. The largest absolute Gasteiger partial charge is 0.114 e. The maximum Gasteiger partial charge on any atom is 0.114 e. The van der Waals surface area contributed by atoms with Crippen molar-refractivity contribution in [2.45, 2.75) is 0 Å². The Morgan fingerprint density at radius 2 is 0.410 bits per heavy atom. The monoisotopic (exact) mass is 454 g/mol. The summed E-state index contributed by atoms with van der Waals surface area (Å²) in [5.41, 5.74) is 2.00. The van der Waals surface area contributed by atoms with Gasteiger partial charge in [0.15, 0.2) is 0 Å². The fraction of sp³-hybridized carbons (Fsp3) is 0. The molecule has 0 bridgehead atoms. The average molecular weight is 451 g/mol. The molecular weight excluding hydrogens is 450 g/mol. The smallest absolute Gasteiger partial charge is 0.110 e. The van der Waals surface area contributed by atoms with Gasteiger partial charge in [-0.2, -0.15) is 0 Å². The molecule has 15 heteroatoms. The van der Waals surface area contributed by atoms with Gasteiger partial charge in [0.25, 0.3) is 0 Å². The Labute approximate surface area is 249 Å². The molecule has 4 aromatic carbocycles. The van der Waals surface area contributed by atoms with E-state index in [4.69, 9.17) is 118 Å². The van der Waals surface area contributed by atoms with Crippen molar-refractivity contribution < 1.29 is 0 Å². The molecule has 39 heavy (non-hydrogen) atoms. The van der Waals surface area contributed by atoms with E-state index in [9.17, 15) is 0 Å².